The summed E-state index contributed by atoms with van der Waals surface area (Å²) in [5.74, 6) is 1.41. The van der Waals surface area contributed by atoms with Crippen molar-refractivity contribution in [2.75, 3.05) is 6.54 Å². The zero-order valence-electron chi connectivity index (χ0n) is 12.3. The van der Waals surface area contributed by atoms with Gasteiger partial charge in [0.05, 0.1) is 5.92 Å². The Hall–Kier alpha value is -1.75. The van der Waals surface area contributed by atoms with Gasteiger partial charge in [-0.25, -0.2) is 0 Å². The van der Waals surface area contributed by atoms with Crippen LogP contribution in [0, 0.1) is 0 Å². The van der Waals surface area contributed by atoms with Crippen molar-refractivity contribution in [3.05, 3.63) is 30.3 Å². The summed E-state index contributed by atoms with van der Waals surface area (Å²) in [4.78, 5) is 8.71. The molecule has 0 aliphatic heterocycles. The van der Waals surface area contributed by atoms with E-state index in [-0.39, 0.29) is 5.92 Å². The zero-order valence-corrected chi connectivity index (χ0v) is 12.3. The van der Waals surface area contributed by atoms with Gasteiger partial charge in [0, 0.05) is 12.2 Å². The molecule has 0 amide bonds. The summed E-state index contributed by atoms with van der Waals surface area (Å²) in [7, 11) is 0. The second-order valence-corrected chi connectivity index (χ2v) is 4.93. The van der Waals surface area contributed by atoms with E-state index in [1.54, 1.807) is 6.20 Å². The molecule has 2 aromatic heterocycles. The average Bonchev–Trinajstić information content (AvgIpc) is 2.98. The van der Waals surface area contributed by atoms with Gasteiger partial charge >= 0.3 is 0 Å². The third-order valence-electron chi connectivity index (χ3n) is 3.43. The number of hydrogen-bond acceptors (Lipinski definition) is 5. The van der Waals surface area contributed by atoms with Crippen molar-refractivity contribution in [2.24, 2.45) is 0 Å². The molecule has 0 aromatic carbocycles. The minimum absolute atomic E-state index is 0.191. The fourth-order valence-corrected chi connectivity index (χ4v) is 2.20. The number of hydrogen-bond donors (Lipinski definition) is 1. The molecule has 0 fully saturated rings. The molecule has 0 bridgehead atoms. The maximum Gasteiger partial charge on any atom is 0.231 e. The third kappa shape index (κ3) is 3.42. The largest absolute Gasteiger partial charge is 0.339 e. The lowest BCUT2D eigenvalue weighted by molar-refractivity contribution is 0.319. The molecule has 0 spiro atoms. The Balaban J connectivity index is 2.11. The van der Waals surface area contributed by atoms with Crippen LogP contribution in [0.25, 0.3) is 11.5 Å². The molecule has 2 unspecified atom stereocenters. The summed E-state index contributed by atoms with van der Waals surface area (Å²) in [5.41, 5.74) is 0.740. The Morgan fingerprint density at radius 3 is 2.80 bits per heavy atom. The Morgan fingerprint density at radius 1 is 1.30 bits per heavy atom. The molecule has 5 nitrogen and oxygen atoms in total. The van der Waals surface area contributed by atoms with Gasteiger partial charge in [0.2, 0.25) is 11.7 Å². The summed E-state index contributed by atoms with van der Waals surface area (Å²) in [5, 5.41) is 7.55. The number of nitrogens with one attached hydrogen (secondary N) is 1. The van der Waals surface area contributed by atoms with Crippen LogP contribution >= 0.6 is 0 Å². The van der Waals surface area contributed by atoms with Gasteiger partial charge < -0.3 is 9.84 Å². The predicted molar refractivity (Wildman–Crippen MR) is 78.3 cm³/mol. The second kappa shape index (κ2) is 7.14. The molecule has 0 saturated carbocycles. The van der Waals surface area contributed by atoms with Crippen LogP contribution in [-0.2, 0) is 0 Å². The molecule has 2 atom stereocenters. The Kier molecular flexibility index (Phi) is 5.24. The van der Waals surface area contributed by atoms with Gasteiger partial charge in [0.1, 0.15) is 5.69 Å². The molecule has 5 heteroatoms. The third-order valence-corrected chi connectivity index (χ3v) is 3.43. The summed E-state index contributed by atoms with van der Waals surface area (Å²) < 4.78 is 5.40. The maximum absolute atomic E-state index is 5.40. The standard InChI is InChI=1S/C15H22N4O/c1-4-9-16-12(5-2)11(3)15-18-14(19-20-15)13-8-6-7-10-17-13/h6-8,10-12,16H,4-5,9H2,1-3H3. The highest BCUT2D eigenvalue weighted by molar-refractivity contribution is 5.47. The van der Waals surface area contributed by atoms with Gasteiger partial charge in [-0.15, -0.1) is 0 Å². The van der Waals surface area contributed by atoms with Crippen molar-refractivity contribution in [3.8, 4) is 11.5 Å². The van der Waals surface area contributed by atoms with E-state index in [1.165, 1.54) is 0 Å². The Morgan fingerprint density at radius 2 is 2.15 bits per heavy atom. The molecule has 2 heterocycles. The van der Waals surface area contributed by atoms with Crippen LogP contribution in [0.3, 0.4) is 0 Å². The summed E-state index contributed by atoms with van der Waals surface area (Å²) in [6.07, 6.45) is 3.88. The second-order valence-electron chi connectivity index (χ2n) is 4.93. The van der Waals surface area contributed by atoms with Crippen LogP contribution in [0.2, 0.25) is 0 Å². The van der Waals surface area contributed by atoms with Gasteiger partial charge in [-0.2, -0.15) is 4.98 Å². The monoisotopic (exact) mass is 274 g/mol. The van der Waals surface area contributed by atoms with Gasteiger partial charge in [-0.3, -0.25) is 4.98 Å². The van der Waals surface area contributed by atoms with E-state index in [2.05, 4.69) is 41.2 Å². The van der Waals surface area contributed by atoms with Crippen molar-refractivity contribution in [2.45, 2.75) is 45.6 Å². The van der Waals surface area contributed by atoms with Crippen LogP contribution in [0.1, 0.15) is 45.4 Å². The van der Waals surface area contributed by atoms with E-state index in [0.29, 0.717) is 17.8 Å². The first-order valence-corrected chi connectivity index (χ1v) is 7.24. The van der Waals surface area contributed by atoms with Gasteiger partial charge in [-0.05, 0) is 31.5 Å². The number of rotatable bonds is 7. The highest BCUT2D eigenvalue weighted by Gasteiger charge is 2.22. The molecule has 2 aromatic rings. The first-order valence-electron chi connectivity index (χ1n) is 7.24. The first kappa shape index (κ1) is 14.7. The van der Waals surface area contributed by atoms with E-state index >= 15 is 0 Å². The van der Waals surface area contributed by atoms with Crippen LogP contribution in [-0.4, -0.2) is 27.7 Å². The predicted octanol–water partition coefficient (Wildman–Crippen LogP) is 3.01. The summed E-state index contributed by atoms with van der Waals surface area (Å²) in [6.45, 7) is 7.45. The molecule has 0 saturated heterocycles. The molecule has 108 valence electrons. The molecule has 0 aliphatic rings. The zero-order chi connectivity index (χ0) is 14.4. The van der Waals surface area contributed by atoms with E-state index in [4.69, 9.17) is 4.52 Å². The van der Waals surface area contributed by atoms with E-state index in [1.807, 2.05) is 18.2 Å². The fraction of sp³-hybridized carbons (Fsp3) is 0.533. The number of nitrogens with zero attached hydrogens (tertiary/aromatic N) is 3. The minimum atomic E-state index is 0.191. The van der Waals surface area contributed by atoms with Crippen LogP contribution in [0.4, 0.5) is 0 Å². The Bertz CT molecular complexity index is 512. The van der Waals surface area contributed by atoms with Crippen LogP contribution < -0.4 is 5.32 Å². The minimum Gasteiger partial charge on any atom is -0.339 e. The summed E-state index contributed by atoms with van der Waals surface area (Å²) in [6, 6.07) is 6.02. The molecular formula is C15H22N4O. The molecule has 1 N–H and O–H groups in total. The van der Waals surface area contributed by atoms with Crippen LogP contribution in [0.15, 0.2) is 28.9 Å². The van der Waals surface area contributed by atoms with Crippen LogP contribution in [0.5, 0.6) is 0 Å². The summed E-state index contributed by atoms with van der Waals surface area (Å²) >= 11 is 0. The van der Waals surface area contributed by atoms with E-state index < -0.39 is 0 Å². The van der Waals surface area contributed by atoms with Gasteiger partial charge in [-0.1, -0.05) is 32.0 Å². The average molecular weight is 274 g/mol. The topological polar surface area (TPSA) is 63.8 Å². The SMILES string of the molecule is CCCNC(CC)C(C)c1nc(-c2ccccn2)no1. The molecule has 20 heavy (non-hydrogen) atoms. The smallest absolute Gasteiger partial charge is 0.231 e. The first-order chi connectivity index (χ1) is 9.76. The van der Waals surface area contributed by atoms with Crippen molar-refractivity contribution in [1.29, 1.82) is 0 Å². The van der Waals surface area contributed by atoms with Gasteiger partial charge in [0.15, 0.2) is 0 Å². The molecular weight excluding hydrogens is 252 g/mol. The van der Waals surface area contributed by atoms with Crippen molar-refractivity contribution >= 4 is 0 Å². The number of pyridine rings is 1. The molecule has 2 rings (SSSR count). The highest BCUT2D eigenvalue weighted by atomic mass is 16.5. The molecule has 0 radical (unpaired) electrons. The fourth-order valence-electron chi connectivity index (χ4n) is 2.20. The van der Waals surface area contributed by atoms with E-state index in [9.17, 15) is 0 Å². The van der Waals surface area contributed by atoms with Crippen molar-refractivity contribution < 1.29 is 4.52 Å². The maximum atomic E-state index is 5.40. The Labute approximate surface area is 119 Å². The highest BCUT2D eigenvalue weighted by Crippen LogP contribution is 2.22. The lowest BCUT2D eigenvalue weighted by atomic mass is 9.99. The molecule has 0 aliphatic carbocycles. The normalized spacial score (nSPS) is 14.2. The van der Waals surface area contributed by atoms with Crippen molar-refractivity contribution in [1.82, 2.24) is 20.4 Å². The van der Waals surface area contributed by atoms with E-state index in [0.717, 1.165) is 25.1 Å². The quantitative estimate of drug-likeness (QED) is 0.840. The van der Waals surface area contributed by atoms with Gasteiger partial charge in [0.25, 0.3) is 0 Å². The number of aromatic nitrogens is 3. The lowest BCUT2D eigenvalue weighted by Crippen LogP contribution is -2.33. The van der Waals surface area contributed by atoms with Crippen molar-refractivity contribution in [3.63, 3.8) is 0 Å². The lowest BCUT2D eigenvalue weighted by Gasteiger charge is -2.20.